The summed E-state index contributed by atoms with van der Waals surface area (Å²) in [7, 11) is 0. The van der Waals surface area contributed by atoms with E-state index < -0.39 is 16.8 Å². The van der Waals surface area contributed by atoms with Gasteiger partial charge in [0, 0.05) is 22.1 Å². The van der Waals surface area contributed by atoms with Crippen LogP contribution in [0.4, 0.5) is 10.7 Å². The molecular weight excluding hydrogens is 392 g/mol. The van der Waals surface area contributed by atoms with Gasteiger partial charge in [-0.15, -0.1) is 11.3 Å². The minimum absolute atomic E-state index is 0.0386. The van der Waals surface area contributed by atoms with Gasteiger partial charge in [-0.3, -0.25) is 14.9 Å². The maximum atomic E-state index is 12.8. The molecule has 0 fully saturated rings. The fourth-order valence-electron chi connectivity index (χ4n) is 3.50. The second-order valence-electron chi connectivity index (χ2n) is 7.72. The number of fused-ring (bicyclic) bond motifs is 1. The molecular formula is C21H24N2O5S. The van der Waals surface area contributed by atoms with Crippen molar-refractivity contribution in [1.29, 1.82) is 0 Å². The van der Waals surface area contributed by atoms with Crippen molar-refractivity contribution < 1.29 is 19.2 Å². The van der Waals surface area contributed by atoms with Crippen LogP contribution in [0.1, 0.15) is 63.9 Å². The number of nitrogens with one attached hydrogen (secondary N) is 1. The Morgan fingerprint density at radius 1 is 1.34 bits per heavy atom. The molecule has 0 bridgehead atoms. The molecule has 0 saturated heterocycles. The van der Waals surface area contributed by atoms with E-state index in [4.69, 9.17) is 4.74 Å². The van der Waals surface area contributed by atoms with Gasteiger partial charge in [0.05, 0.1) is 16.6 Å². The zero-order chi connectivity index (χ0) is 21.3. The van der Waals surface area contributed by atoms with E-state index in [1.165, 1.54) is 29.5 Å². The third-order valence-electron chi connectivity index (χ3n) is 4.94. The number of nitrogens with zero attached hydrogens (tertiary/aromatic N) is 1. The zero-order valence-electron chi connectivity index (χ0n) is 16.9. The van der Waals surface area contributed by atoms with Crippen molar-refractivity contribution in [3.8, 4) is 0 Å². The van der Waals surface area contributed by atoms with Crippen LogP contribution >= 0.6 is 11.3 Å². The second-order valence-corrected chi connectivity index (χ2v) is 8.83. The lowest BCUT2D eigenvalue weighted by Crippen LogP contribution is -2.18. The molecule has 0 radical (unpaired) electrons. The standard InChI is InChI=1S/C21H24N2O5S/c1-11(2)28-21(25)18-15-7-5-12(3)9-17(15)29-20(18)22-19(24)14-6-8-16(23(26)27)13(4)10-14/h6,8,10-12H,5,7,9H2,1-4H3,(H,22,24). The Labute approximate surface area is 173 Å². The van der Waals surface area contributed by atoms with Gasteiger partial charge in [-0.1, -0.05) is 6.92 Å². The molecule has 1 aromatic heterocycles. The van der Waals surface area contributed by atoms with E-state index in [0.29, 0.717) is 27.6 Å². The average molecular weight is 416 g/mol. The quantitative estimate of drug-likeness (QED) is 0.424. The summed E-state index contributed by atoms with van der Waals surface area (Å²) in [4.78, 5) is 37.2. The summed E-state index contributed by atoms with van der Waals surface area (Å²) in [6.45, 7) is 7.34. The number of rotatable bonds is 5. The highest BCUT2D eigenvalue weighted by atomic mass is 32.1. The fraction of sp³-hybridized carbons (Fsp3) is 0.429. The van der Waals surface area contributed by atoms with E-state index in [1.54, 1.807) is 20.8 Å². The van der Waals surface area contributed by atoms with E-state index in [-0.39, 0.29) is 11.8 Å². The van der Waals surface area contributed by atoms with E-state index in [9.17, 15) is 19.7 Å². The van der Waals surface area contributed by atoms with Gasteiger partial charge in [-0.2, -0.15) is 0 Å². The Morgan fingerprint density at radius 3 is 2.69 bits per heavy atom. The predicted molar refractivity (Wildman–Crippen MR) is 112 cm³/mol. The first-order valence-corrected chi connectivity index (χ1v) is 10.4. The minimum atomic E-state index is -0.481. The van der Waals surface area contributed by atoms with Gasteiger partial charge in [0.15, 0.2) is 0 Å². The summed E-state index contributed by atoms with van der Waals surface area (Å²) in [5.41, 5.74) is 2.08. The highest BCUT2D eigenvalue weighted by Crippen LogP contribution is 2.40. The van der Waals surface area contributed by atoms with Crippen molar-refractivity contribution in [2.45, 2.75) is 53.1 Å². The Kier molecular flexibility index (Phi) is 6.02. The molecule has 7 nitrogen and oxygen atoms in total. The number of carbonyl (C=O) groups excluding carboxylic acids is 2. The van der Waals surface area contributed by atoms with E-state index >= 15 is 0 Å². The third-order valence-corrected chi connectivity index (χ3v) is 6.11. The lowest BCUT2D eigenvalue weighted by molar-refractivity contribution is -0.385. The number of esters is 1. The number of amides is 1. The molecule has 1 amide bonds. The monoisotopic (exact) mass is 416 g/mol. The fourth-order valence-corrected chi connectivity index (χ4v) is 4.90. The number of carbonyl (C=O) groups is 2. The second kappa shape index (κ2) is 8.32. The molecule has 0 aliphatic heterocycles. The Hall–Kier alpha value is -2.74. The molecule has 1 aromatic carbocycles. The largest absolute Gasteiger partial charge is 0.459 e. The lowest BCUT2D eigenvalue weighted by atomic mass is 9.88. The SMILES string of the molecule is Cc1cc(C(=O)Nc2sc3c(c2C(=O)OC(C)C)CCC(C)C3)ccc1[N+](=O)[O-]. The van der Waals surface area contributed by atoms with E-state index in [2.05, 4.69) is 12.2 Å². The maximum Gasteiger partial charge on any atom is 0.341 e. The van der Waals surface area contributed by atoms with Gasteiger partial charge in [0.1, 0.15) is 5.00 Å². The van der Waals surface area contributed by atoms with Crippen LogP contribution in [-0.4, -0.2) is 22.9 Å². The van der Waals surface area contributed by atoms with Gasteiger partial charge in [0.2, 0.25) is 0 Å². The van der Waals surface area contributed by atoms with Gasteiger partial charge in [0.25, 0.3) is 11.6 Å². The van der Waals surface area contributed by atoms with Crippen molar-refractivity contribution in [2.24, 2.45) is 5.92 Å². The number of nitro benzene ring substituents is 1. The van der Waals surface area contributed by atoms with Crippen LogP contribution in [0.5, 0.6) is 0 Å². The topological polar surface area (TPSA) is 98.5 Å². The summed E-state index contributed by atoms with van der Waals surface area (Å²) in [6, 6.07) is 4.22. The van der Waals surface area contributed by atoms with Crippen LogP contribution in [0, 0.1) is 23.0 Å². The van der Waals surface area contributed by atoms with E-state index in [0.717, 1.165) is 29.7 Å². The van der Waals surface area contributed by atoms with Crippen LogP contribution in [0.3, 0.4) is 0 Å². The molecule has 1 atom stereocenters. The minimum Gasteiger partial charge on any atom is -0.459 e. The lowest BCUT2D eigenvalue weighted by Gasteiger charge is -2.18. The number of hydrogen-bond donors (Lipinski definition) is 1. The predicted octanol–water partition coefficient (Wildman–Crippen LogP) is 4.91. The van der Waals surface area contributed by atoms with Gasteiger partial charge < -0.3 is 10.1 Å². The molecule has 0 saturated carbocycles. The number of benzene rings is 1. The third kappa shape index (κ3) is 4.48. The van der Waals surface area contributed by atoms with Crippen molar-refractivity contribution in [1.82, 2.24) is 0 Å². The highest BCUT2D eigenvalue weighted by molar-refractivity contribution is 7.17. The van der Waals surface area contributed by atoms with Gasteiger partial charge in [-0.05, 0) is 63.6 Å². The summed E-state index contributed by atoms with van der Waals surface area (Å²) >= 11 is 1.42. The van der Waals surface area contributed by atoms with Crippen LogP contribution in [0.2, 0.25) is 0 Å². The van der Waals surface area contributed by atoms with Crippen LogP contribution in [0.25, 0.3) is 0 Å². The van der Waals surface area contributed by atoms with Crippen molar-refractivity contribution in [3.63, 3.8) is 0 Å². The number of ether oxygens (including phenoxy) is 1. The molecule has 3 rings (SSSR count). The Balaban J connectivity index is 1.94. The van der Waals surface area contributed by atoms with Crippen LogP contribution < -0.4 is 5.32 Å². The zero-order valence-corrected chi connectivity index (χ0v) is 17.7. The van der Waals surface area contributed by atoms with Crippen LogP contribution in [-0.2, 0) is 17.6 Å². The highest BCUT2D eigenvalue weighted by Gasteiger charge is 2.30. The van der Waals surface area contributed by atoms with Crippen molar-refractivity contribution in [2.75, 3.05) is 5.32 Å². The number of aryl methyl sites for hydroxylation is 1. The first kappa shape index (κ1) is 21.0. The molecule has 29 heavy (non-hydrogen) atoms. The molecule has 1 heterocycles. The number of thiophene rings is 1. The molecule has 1 aliphatic carbocycles. The number of hydrogen-bond acceptors (Lipinski definition) is 6. The molecule has 1 N–H and O–H groups in total. The molecule has 1 aliphatic rings. The summed E-state index contributed by atoms with van der Waals surface area (Å²) in [5.74, 6) is -0.313. The first-order valence-electron chi connectivity index (χ1n) is 9.59. The summed E-state index contributed by atoms with van der Waals surface area (Å²) in [6.07, 6.45) is 2.37. The number of nitro groups is 1. The molecule has 154 valence electrons. The smallest absolute Gasteiger partial charge is 0.341 e. The maximum absolute atomic E-state index is 12.8. The van der Waals surface area contributed by atoms with Crippen LogP contribution in [0.15, 0.2) is 18.2 Å². The van der Waals surface area contributed by atoms with E-state index in [1.807, 2.05) is 0 Å². The molecule has 8 heteroatoms. The molecule has 2 aromatic rings. The van der Waals surface area contributed by atoms with Crippen molar-refractivity contribution >= 4 is 33.9 Å². The van der Waals surface area contributed by atoms with Gasteiger partial charge in [-0.25, -0.2) is 4.79 Å². The molecule has 0 spiro atoms. The molecule has 1 unspecified atom stereocenters. The van der Waals surface area contributed by atoms with Gasteiger partial charge >= 0.3 is 5.97 Å². The summed E-state index contributed by atoms with van der Waals surface area (Å²) in [5, 5.41) is 14.3. The average Bonchev–Trinajstić information content (AvgIpc) is 2.97. The van der Waals surface area contributed by atoms with Crippen molar-refractivity contribution in [3.05, 3.63) is 55.4 Å². The first-order chi connectivity index (χ1) is 13.7. The Morgan fingerprint density at radius 2 is 2.07 bits per heavy atom. The normalized spacial score (nSPS) is 15.7. The number of anilines is 1. The Bertz CT molecular complexity index is 980. The summed E-state index contributed by atoms with van der Waals surface area (Å²) < 4.78 is 5.42.